The van der Waals surface area contributed by atoms with Crippen LogP contribution in [-0.4, -0.2) is 43.9 Å². The lowest BCUT2D eigenvalue weighted by atomic mass is 9.96. The van der Waals surface area contributed by atoms with Crippen molar-refractivity contribution >= 4 is 21.4 Å². The number of aromatic nitrogens is 4. The number of aliphatic hydroxyl groups is 1. The van der Waals surface area contributed by atoms with E-state index in [0.29, 0.717) is 12.5 Å². The van der Waals surface area contributed by atoms with Crippen LogP contribution in [0.4, 0.5) is 5.13 Å². The largest absolute Gasteiger partial charge is 0.391 e. The summed E-state index contributed by atoms with van der Waals surface area (Å²) in [6.45, 7) is 3.68. The molecule has 0 amide bonds. The molecule has 4 rings (SSSR count). The molecule has 2 atom stereocenters. The fraction of sp³-hybridized carbons (Fsp3) is 0.400. The minimum atomic E-state index is -0.282. The van der Waals surface area contributed by atoms with Crippen LogP contribution in [-0.2, 0) is 0 Å². The van der Waals surface area contributed by atoms with Crippen LogP contribution in [0.5, 0.6) is 0 Å². The van der Waals surface area contributed by atoms with E-state index in [1.54, 1.807) is 23.7 Å². The van der Waals surface area contributed by atoms with Gasteiger partial charge in [-0.3, -0.25) is 4.98 Å². The molecule has 1 N–H and O–H groups in total. The van der Waals surface area contributed by atoms with E-state index in [1.807, 2.05) is 22.8 Å². The molecule has 0 aromatic carbocycles. The second-order valence-corrected chi connectivity index (χ2v) is 6.69. The predicted octanol–water partition coefficient (Wildman–Crippen LogP) is 2.06. The number of hydrogen-bond donors (Lipinski definition) is 1. The molecular formula is C15H17N5OS. The van der Waals surface area contributed by atoms with Gasteiger partial charge < -0.3 is 10.0 Å². The van der Waals surface area contributed by atoms with Gasteiger partial charge in [0.2, 0.25) is 10.1 Å². The van der Waals surface area contributed by atoms with Crippen LogP contribution in [0.3, 0.4) is 0 Å². The van der Waals surface area contributed by atoms with Crippen LogP contribution in [0, 0.1) is 5.92 Å². The van der Waals surface area contributed by atoms with Gasteiger partial charge in [0, 0.05) is 31.0 Å². The molecule has 3 aromatic heterocycles. The number of hydrogen-bond acceptors (Lipinski definition) is 6. The molecule has 4 heterocycles. The first-order valence-corrected chi connectivity index (χ1v) is 8.22. The summed E-state index contributed by atoms with van der Waals surface area (Å²) in [4.78, 5) is 11.8. The van der Waals surface area contributed by atoms with Crippen LogP contribution >= 0.6 is 11.3 Å². The lowest BCUT2D eigenvalue weighted by Gasteiger charge is -2.33. The van der Waals surface area contributed by atoms with E-state index < -0.39 is 0 Å². The van der Waals surface area contributed by atoms with Crippen molar-refractivity contribution in [2.75, 3.05) is 18.0 Å². The van der Waals surface area contributed by atoms with Crippen molar-refractivity contribution in [2.45, 2.75) is 19.4 Å². The second kappa shape index (κ2) is 5.33. The van der Waals surface area contributed by atoms with E-state index in [9.17, 15) is 5.11 Å². The third-order valence-corrected chi connectivity index (χ3v) is 5.16. The minimum absolute atomic E-state index is 0.282. The van der Waals surface area contributed by atoms with E-state index in [1.165, 1.54) is 0 Å². The van der Waals surface area contributed by atoms with Gasteiger partial charge in [0.1, 0.15) is 0 Å². The molecule has 1 aliphatic heterocycles. The molecule has 7 heteroatoms. The zero-order chi connectivity index (χ0) is 15.1. The lowest BCUT2D eigenvalue weighted by molar-refractivity contribution is 0.103. The van der Waals surface area contributed by atoms with Gasteiger partial charge in [0.25, 0.3) is 0 Å². The Morgan fingerprint density at radius 3 is 3.05 bits per heavy atom. The summed E-state index contributed by atoms with van der Waals surface area (Å²) in [5.74, 6) is 0.359. The molecule has 6 nitrogen and oxygen atoms in total. The van der Waals surface area contributed by atoms with Crippen LogP contribution in [0.25, 0.3) is 16.2 Å². The summed E-state index contributed by atoms with van der Waals surface area (Å²) in [7, 11) is 0. The first-order chi connectivity index (χ1) is 10.7. The molecule has 0 radical (unpaired) electrons. The first-order valence-electron chi connectivity index (χ1n) is 7.40. The molecule has 0 spiro atoms. The van der Waals surface area contributed by atoms with Gasteiger partial charge in [-0.25, -0.2) is 9.50 Å². The van der Waals surface area contributed by atoms with E-state index in [4.69, 9.17) is 0 Å². The van der Waals surface area contributed by atoms with Crippen molar-refractivity contribution in [2.24, 2.45) is 5.92 Å². The smallest absolute Gasteiger partial charge is 0.214 e. The zero-order valence-corrected chi connectivity index (χ0v) is 13.1. The number of nitrogens with zero attached hydrogens (tertiary/aromatic N) is 5. The fourth-order valence-corrected chi connectivity index (χ4v) is 3.61. The number of imidazole rings is 1. The summed E-state index contributed by atoms with van der Waals surface area (Å²) in [6, 6.07) is 3.89. The Morgan fingerprint density at radius 2 is 2.32 bits per heavy atom. The monoisotopic (exact) mass is 315 g/mol. The quantitative estimate of drug-likeness (QED) is 0.784. The lowest BCUT2D eigenvalue weighted by Crippen LogP contribution is -2.42. The highest BCUT2D eigenvalue weighted by molar-refractivity contribution is 7.20. The number of β-amino-alcohol motifs (C(OH)–C–C–N with tert-alkyl or cyclic N) is 1. The highest BCUT2D eigenvalue weighted by Crippen LogP contribution is 2.29. The molecule has 0 saturated carbocycles. The van der Waals surface area contributed by atoms with E-state index >= 15 is 0 Å². The maximum Gasteiger partial charge on any atom is 0.214 e. The zero-order valence-electron chi connectivity index (χ0n) is 12.3. The van der Waals surface area contributed by atoms with Gasteiger partial charge in [-0.2, -0.15) is 0 Å². The highest BCUT2D eigenvalue weighted by atomic mass is 32.1. The van der Waals surface area contributed by atoms with E-state index in [-0.39, 0.29) is 6.10 Å². The van der Waals surface area contributed by atoms with E-state index in [0.717, 1.165) is 34.3 Å². The molecular weight excluding hydrogens is 298 g/mol. The Hall–Kier alpha value is -1.99. The molecule has 1 fully saturated rings. The summed E-state index contributed by atoms with van der Waals surface area (Å²) in [5.41, 5.74) is 1.87. The number of rotatable bonds is 2. The molecule has 1 aliphatic rings. The van der Waals surface area contributed by atoms with E-state index in [2.05, 4.69) is 26.9 Å². The third-order valence-electron chi connectivity index (χ3n) is 4.18. The number of anilines is 1. The maximum absolute atomic E-state index is 10.0. The number of piperidine rings is 1. The minimum Gasteiger partial charge on any atom is -0.391 e. The van der Waals surface area contributed by atoms with Gasteiger partial charge in [-0.1, -0.05) is 18.3 Å². The van der Waals surface area contributed by atoms with Crippen molar-refractivity contribution in [1.29, 1.82) is 0 Å². The normalized spacial score (nSPS) is 22.4. The summed E-state index contributed by atoms with van der Waals surface area (Å²) in [6.07, 6.45) is 6.19. The van der Waals surface area contributed by atoms with Crippen molar-refractivity contribution in [3.63, 3.8) is 0 Å². The van der Waals surface area contributed by atoms with Gasteiger partial charge in [0.05, 0.1) is 18.0 Å². The molecule has 114 valence electrons. The standard InChI is InChI=1S/C15H17N5OS/c1-10-4-6-19(9-13(10)21)15-18-20-8-12(17-14(20)22-15)11-3-2-5-16-7-11/h2-3,5,7-8,10,13,21H,4,6,9H2,1H3. The van der Waals surface area contributed by atoms with Crippen molar-refractivity contribution in [3.8, 4) is 11.3 Å². The van der Waals surface area contributed by atoms with Crippen LogP contribution in [0.1, 0.15) is 13.3 Å². The topological polar surface area (TPSA) is 66.6 Å². The Labute approximate surface area is 132 Å². The van der Waals surface area contributed by atoms with Crippen LogP contribution in [0.15, 0.2) is 30.7 Å². The van der Waals surface area contributed by atoms with Gasteiger partial charge in [-0.15, -0.1) is 5.10 Å². The summed E-state index contributed by atoms with van der Waals surface area (Å²) >= 11 is 1.56. The predicted molar refractivity (Wildman–Crippen MR) is 86.1 cm³/mol. The average molecular weight is 315 g/mol. The molecule has 3 aromatic rings. The van der Waals surface area contributed by atoms with Crippen molar-refractivity contribution < 1.29 is 5.11 Å². The van der Waals surface area contributed by atoms with Gasteiger partial charge in [0.15, 0.2) is 0 Å². The third kappa shape index (κ3) is 2.36. The van der Waals surface area contributed by atoms with Crippen molar-refractivity contribution in [3.05, 3.63) is 30.7 Å². The first kappa shape index (κ1) is 13.7. The molecule has 0 aliphatic carbocycles. The Morgan fingerprint density at radius 1 is 1.41 bits per heavy atom. The number of fused-ring (bicyclic) bond motifs is 1. The van der Waals surface area contributed by atoms with Crippen molar-refractivity contribution in [1.82, 2.24) is 19.6 Å². The molecule has 0 bridgehead atoms. The Bertz CT molecular complexity index is 752. The Balaban J connectivity index is 1.62. The highest BCUT2D eigenvalue weighted by Gasteiger charge is 2.26. The summed E-state index contributed by atoms with van der Waals surface area (Å²) in [5, 5.41) is 15.6. The number of aliphatic hydroxyl groups excluding tert-OH is 1. The molecule has 1 saturated heterocycles. The van der Waals surface area contributed by atoms with Crippen LogP contribution < -0.4 is 4.90 Å². The van der Waals surface area contributed by atoms with Crippen LogP contribution in [0.2, 0.25) is 0 Å². The SMILES string of the molecule is CC1CCN(c2nn3cc(-c4cccnc4)nc3s2)CC1O. The molecule has 2 unspecified atom stereocenters. The van der Waals surface area contributed by atoms with Gasteiger partial charge >= 0.3 is 0 Å². The average Bonchev–Trinajstić information content (AvgIpc) is 3.09. The fourth-order valence-electron chi connectivity index (χ4n) is 2.69. The number of pyridine rings is 1. The second-order valence-electron chi connectivity index (χ2n) is 5.76. The maximum atomic E-state index is 10.0. The molecule has 22 heavy (non-hydrogen) atoms. The Kier molecular flexibility index (Phi) is 3.31. The van der Waals surface area contributed by atoms with Gasteiger partial charge in [-0.05, 0) is 24.5 Å². The summed E-state index contributed by atoms with van der Waals surface area (Å²) < 4.78 is 1.81.